The molecule has 4 fully saturated rings. The van der Waals surface area contributed by atoms with E-state index in [-0.39, 0.29) is 0 Å². The van der Waals surface area contributed by atoms with E-state index in [4.69, 9.17) is 0 Å². The molecule has 0 amide bonds. The van der Waals surface area contributed by atoms with Crippen LogP contribution >= 0.6 is 0 Å². The van der Waals surface area contributed by atoms with E-state index < -0.39 is 0 Å². The van der Waals surface area contributed by atoms with Crippen molar-refractivity contribution in [1.29, 1.82) is 0 Å². The number of hydrogen-bond acceptors (Lipinski definition) is 0. The molecular weight excluding hydrogens is 384 g/mol. The van der Waals surface area contributed by atoms with Crippen molar-refractivity contribution in [1.82, 2.24) is 0 Å². The van der Waals surface area contributed by atoms with Gasteiger partial charge in [-0.25, -0.2) is 0 Å². The monoisotopic (exact) mass is 442 g/mol. The Labute approximate surface area is 202 Å². The van der Waals surface area contributed by atoms with Crippen LogP contribution < -0.4 is 0 Å². The molecule has 0 aromatic rings. The highest BCUT2D eigenvalue weighted by atomic mass is 14.4. The van der Waals surface area contributed by atoms with Gasteiger partial charge in [-0.2, -0.15) is 0 Å². The lowest BCUT2D eigenvalue weighted by molar-refractivity contribution is 0.142. The normalized spacial score (nSPS) is 40.7. The van der Waals surface area contributed by atoms with Gasteiger partial charge in [-0.05, 0) is 112 Å². The largest absolute Gasteiger partial charge is 0.103 e. The minimum atomic E-state index is 0.837. The lowest BCUT2D eigenvalue weighted by Gasteiger charge is -2.37. The summed E-state index contributed by atoms with van der Waals surface area (Å²) < 4.78 is 0. The van der Waals surface area contributed by atoms with Crippen LogP contribution in [0.15, 0.2) is 12.7 Å². The molecule has 0 unspecified atom stereocenters. The Balaban J connectivity index is 0.000000182. The van der Waals surface area contributed by atoms with Crippen LogP contribution in [0.1, 0.15) is 143 Å². The molecule has 186 valence electrons. The highest BCUT2D eigenvalue weighted by Crippen LogP contribution is 2.43. The van der Waals surface area contributed by atoms with Gasteiger partial charge in [0.1, 0.15) is 0 Å². The van der Waals surface area contributed by atoms with E-state index in [2.05, 4.69) is 33.4 Å². The maximum Gasteiger partial charge on any atom is -0.0236 e. The molecule has 0 heteroatoms. The zero-order valence-corrected chi connectivity index (χ0v) is 22.3. The zero-order chi connectivity index (χ0) is 22.8. The smallest absolute Gasteiger partial charge is 0.0236 e. The molecule has 4 aliphatic carbocycles. The fourth-order valence-corrected chi connectivity index (χ4v) is 8.03. The number of rotatable bonds is 6. The summed E-state index contributed by atoms with van der Waals surface area (Å²) >= 11 is 0. The third-order valence-electron chi connectivity index (χ3n) is 10.6. The zero-order valence-electron chi connectivity index (χ0n) is 22.3. The van der Waals surface area contributed by atoms with Crippen molar-refractivity contribution in [2.75, 3.05) is 0 Å². The van der Waals surface area contributed by atoms with Crippen LogP contribution in [0, 0.1) is 47.3 Å². The van der Waals surface area contributed by atoms with Crippen LogP contribution in [0.25, 0.3) is 0 Å². The van der Waals surface area contributed by atoms with Gasteiger partial charge in [0.25, 0.3) is 0 Å². The first-order valence-electron chi connectivity index (χ1n) is 15.2. The maximum atomic E-state index is 3.93. The van der Waals surface area contributed by atoms with Crippen LogP contribution in [0.3, 0.4) is 0 Å². The van der Waals surface area contributed by atoms with Crippen molar-refractivity contribution >= 4 is 0 Å². The van der Waals surface area contributed by atoms with Crippen molar-refractivity contribution in [2.24, 2.45) is 47.3 Å². The fourth-order valence-electron chi connectivity index (χ4n) is 8.03. The van der Waals surface area contributed by atoms with E-state index in [0.29, 0.717) is 0 Å². The highest BCUT2D eigenvalue weighted by Gasteiger charge is 2.30. The van der Waals surface area contributed by atoms with E-state index in [9.17, 15) is 0 Å². The molecule has 4 rings (SSSR count). The molecule has 0 spiro atoms. The summed E-state index contributed by atoms with van der Waals surface area (Å²) in [6.45, 7) is 11.1. The van der Waals surface area contributed by atoms with Crippen LogP contribution in [0.4, 0.5) is 0 Å². The molecule has 0 aromatic carbocycles. The first-order valence-corrected chi connectivity index (χ1v) is 15.2. The summed E-state index contributed by atoms with van der Waals surface area (Å²) in [4.78, 5) is 0. The van der Waals surface area contributed by atoms with Gasteiger partial charge in [-0.15, -0.1) is 6.58 Å². The van der Waals surface area contributed by atoms with Crippen molar-refractivity contribution < 1.29 is 0 Å². The van der Waals surface area contributed by atoms with Gasteiger partial charge < -0.3 is 0 Å². The molecule has 0 radical (unpaired) electrons. The van der Waals surface area contributed by atoms with Gasteiger partial charge in [-0.3, -0.25) is 0 Å². The molecule has 0 N–H and O–H groups in total. The second-order valence-electron chi connectivity index (χ2n) is 12.7. The lowest BCUT2D eigenvalue weighted by atomic mass is 9.68. The molecular formula is C32H58. The Hall–Kier alpha value is -0.260. The van der Waals surface area contributed by atoms with E-state index in [1.807, 2.05) is 0 Å². The SMILES string of the molecule is C=CC1CCC(C2CCC(C)CC2)CC1.CCCC1CCC(C2CCC(CC)CC2)CC1. The van der Waals surface area contributed by atoms with E-state index in [0.717, 1.165) is 47.3 Å². The molecule has 0 atom stereocenters. The summed E-state index contributed by atoms with van der Waals surface area (Å²) in [5, 5.41) is 0. The number of hydrogen-bond donors (Lipinski definition) is 0. The van der Waals surface area contributed by atoms with Gasteiger partial charge >= 0.3 is 0 Å². The Morgan fingerprint density at radius 3 is 1.38 bits per heavy atom. The Bertz CT molecular complexity index is 474. The molecule has 0 saturated heterocycles. The second-order valence-corrected chi connectivity index (χ2v) is 12.7. The van der Waals surface area contributed by atoms with Crippen molar-refractivity contribution in [3.8, 4) is 0 Å². The van der Waals surface area contributed by atoms with E-state index in [1.165, 1.54) is 83.5 Å². The van der Waals surface area contributed by atoms with Crippen molar-refractivity contribution in [3.05, 3.63) is 12.7 Å². The summed E-state index contributed by atoms with van der Waals surface area (Å²) in [5.74, 6) is 8.36. The van der Waals surface area contributed by atoms with Gasteiger partial charge in [0.15, 0.2) is 0 Å². The fraction of sp³-hybridized carbons (Fsp3) is 0.938. The highest BCUT2D eigenvalue weighted by molar-refractivity contribution is 4.87. The quantitative estimate of drug-likeness (QED) is 0.359. The summed E-state index contributed by atoms with van der Waals surface area (Å²) in [7, 11) is 0. The second kappa shape index (κ2) is 14.2. The Morgan fingerprint density at radius 2 is 0.969 bits per heavy atom. The summed E-state index contributed by atoms with van der Waals surface area (Å²) in [5.41, 5.74) is 0. The standard InChI is InChI=1S/C17H32.C15H26/c1-3-5-15-8-12-17(13-9-15)16-10-6-14(4-2)7-11-16;1-3-13-6-10-15(11-7-13)14-8-4-12(2)5-9-14/h14-17H,3-13H2,1-2H3;3,12-15H,1,4-11H2,2H3. The molecule has 0 heterocycles. The Morgan fingerprint density at radius 1 is 0.562 bits per heavy atom. The molecule has 0 aliphatic heterocycles. The molecule has 32 heavy (non-hydrogen) atoms. The molecule has 0 bridgehead atoms. The Kier molecular flexibility index (Phi) is 11.7. The van der Waals surface area contributed by atoms with Crippen LogP contribution in [0.2, 0.25) is 0 Å². The third-order valence-corrected chi connectivity index (χ3v) is 10.6. The van der Waals surface area contributed by atoms with Crippen molar-refractivity contribution in [3.63, 3.8) is 0 Å². The topological polar surface area (TPSA) is 0 Å². The average molecular weight is 443 g/mol. The van der Waals surface area contributed by atoms with Gasteiger partial charge in [0.2, 0.25) is 0 Å². The van der Waals surface area contributed by atoms with Gasteiger partial charge in [0, 0.05) is 0 Å². The van der Waals surface area contributed by atoms with E-state index >= 15 is 0 Å². The maximum absolute atomic E-state index is 3.93. The number of allylic oxidation sites excluding steroid dienone is 1. The molecule has 0 nitrogen and oxygen atoms in total. The van der Waals surface area contributed by atoms with Crippen LogP contribution in [-0.2, 0) is 0 Å². The van der Waals surface area contributed by atoms with Crippen molar-refractivity contribution in [2.45, 2.75) is 143 Å². The van der Waals surface area contributed by atoms with E-state index in [1.54, 1.807) is 38.5 Å². The molecule has 0 aromatic heterocycles. The summed E-state index contributed by atoms with van der Waals surface area (Å²) in [6, 6.07) is 0. The first-order chi connectivity index (χ1) is 15.6. The van der Waals surface area contributed by atoms with Gasteiger partial charge in [-0.1, -0.05) is 84.6 Å². The predicted octanol–water partition coefficient (Wildman–Crippen LogP) is 10.6. The van der Waals surface area contributed by atoms with Crippen LogP contribution in [0.5, 0.6) is 0 Å². The lowest BCUT2D eigenvalue weighted by Crippen LogP contribution is -2.25. The average Bonchev–Trinajstić information content (AvgIpc) is 2.86. The first kappa shape index (κ1) is 26.3. The minimum Gasteiger partial charge on any atom is -0.103 e. The third kappa shape index (κ3) is 8.20. The molecule has 4 saturated carbocycles. The molecule has 4 aliphatic rings. The minimum absolute atomic E-state index is 0.837. The predicted molar refractivity (Wildman–Crippen MR) is 143 cm³/mol. The summed E-state index contributed by atoms with van der Waals surface area (Å²) in [6.07, 6.45) is 30.7. The van der Waals surface area contributed by atoms with Gasteiger partial charge in [0.05, 0.1) is 0 Å². The van der Waals surface area contributed by atoms with Crippen LogP contribution in [-0.4, -0.2) is 0 Å².